The quantitative estimate of drug-likeness (QED) is 0.405. The molecular formula is C27H42O4. The average molecular weight is 431 g/mol. The van der Waals surface area contributed by atoms with Crippen LogP contribution in [0.3, 0.4) is 0 Å². The number of rotatable bonds is 2. The Morgan fingerprint density at radius 3 is 2.35 bits per heavy atom. The van der Waals surface area contributed by atoms with Crippen molar-refractivity contribution < 1.29 is 19.1 Å². The second-order valence-corrected chi connectivity index (χ2v) is 11.3. The topological polar surface area (TPSA) is 52.6 Å². The van der Waals surface area contributed by atoms with Crippen molar-refractivity contribution in [3.63, 3.8) is 0 Å². The van der Waals surface area contributed by atoms with E-state index in [1.807, 2.05) is 0 Å². The third-order valence-electron chi connectivity index (χ3n) is 9.71. The summed E-state index contributed by atoms with van der Waals surface area (Å²) in [6.45, 7) is 10.2. The summed E-state index contributed by atoms with van der Waals surface area (Å²) in [7, 11) is 0. The van der Waals surface area contributed by atoms with Crippen LogP contribution in [-0.4, -0.2) is 31.1 Å². The van der Waals surface area contributed by atoms with Crippen LogP contribution in [0.5, 0.6) is 0 Å². The number of Topliss-reactive ketones (excluding diaryl/α,β-unsaturated/α-hetero) is 1. The van der Waals surface area contributed by atoms with Gasteiger partial charge >= 0.3 is 5.97 Å². The van der Waals surface area contributed by atoms with Gasteiger partial charge in [-0.2, -0.15) is 0 Å². The number of fused-ring (bicyclic) bond motifs is 5. The van der Waals surface area contributed by atoms with E-state index in [-0.39, 0.29) is 28.8 Å². The van der Waals surface area contributed by atoms with Crippen molar-refractivity contribution in [2.75, 3.05) is 13.2 Å². The molecule has 31 heavy (non-hydrogen) atoms. The molecule has 0 radical (unpaired) electrons. The van der Waals surface area contributed by atoms with Gasteiger partial charge in [-0.25, -0.2) is 0 Å². The summed E-state index contributed by atoms with van der Waals surface area (Å²) < 4.78 is 10.5. The van der Waals surface area contributed by atoms with Crippen molar-refractivity contribution in [1.82, 2.24) is 0 Å². The van der Waals surface area contributed by atoms with Gasteiger partial charge in [0.05, 0.1) is 0 Å². The Kier molecular flexibility index (Phi) is 6.68. The van der Waals surface area contributed by atoms with Crippen LogP contribution >= 0.6 is 0 Å². The molecule has 0 bridgehead atoms. The maximum Gasteiger partial charge on any atom is 0.302 e. The molecule has 174 valence electrons. The van der Waals surface area contributed by atoms with Crippen molar-refractivity contribution in [2.45, 2.75) is 98.0 Å². The van der Waals surface area contributed by atoms with Gasteiger partial charge < -0.3 is 9.47 Å². The third-order valence-corrected chi connectivity index (χ3v) is 9.71. The minimum Gasteiger partial charge on any atom is -0.462 e. The fourth-order valence-corrected chi connectivity index (χ4v) is 8.14. The zero-order valence-corrected chi connectivity index (χ0v) is 20.1. The number of ketones is 1. The van der Waals surface area contributed by atoms with Crippen LogP contribution < -0.4 is 0 Å². The van der Waals surface area contributed by atoms with Crippen LogP contribution in [0.1, 0.15) is 91.9 Å². The summed E-state index contributed by atoms with van der Waals surface area (Å²) in [5.41, 5.74) is 2.04. The first-order chi connectivity index (χ1) is 14.8. The number of carbonyl (C=O) groups is 2. The monoisotopic (exact) mass is 430 g/mol. The summed E-state index contributed by atoms with van der Waals surface area (Å²) in [5, 5.41) is 0. The molecule has 0 N–H and O–H groups in total. The molecule has 1 aliphatic heterocycles. The second kappa shape index (κ2) is 9.00. The van der Waals surface area contributed by atoms with E-state index >= 15 is 0 Å². The van der Waals surface area contributed by atoms with E-state index in [0.717, 1.165) is 57.2 Å². The van der Waals surface area contributed by atoms with Crippen LogP contribution in [-0.2, 0) is 19.1 Å². The van der Waals surface area contributed by atoms with Crippen LogP contribution in [0.25, 0.3) is 0 Å². The molecule has 0 aromatic carbocycles. The van der Waals surface area contributed by atoms with Crippen molar-refractivity contribution in [3.8, 4) is 0 Å². The summed E-state index contributed by atoms with van der Waals surface area (Å²) in [4.78, 5) is 23.6. The number of esters is 1. The van der Waals surface area contributed by atoms with Crippen molar-refractivity contribution in [2.24, 2.45) is 34.5 Å². The zero-order valence-electron chi connectivity index (χ0n) is 20.1. The second-order valence-electron chi connectivity index (χ2n) is 11.3. The van der Waals surface area contributed by atoms with E-state index in [1.165, 1.54) is 39.0 Å². The lowest BCUT2D eigenvalue weighted by Crippen LogP contribution is -2.51. The van der Waals surface area contributed by atoms with Gasteiger partial charge in [-0.15, -0.1) is 0 Å². The average Bonchev–Trinajstić information content (AvgIpc) is 3.38. The minimum atomic E-state index is -0.150. The summed E-state index contributed by atoms with van der Waals surface area (Å²) >= 11 is 0. The Balaban J connectivity index is 0.000000407. The number of ether oxygens (including phenoxy) is 2. The summed E-state index contributed by atoms with van der Waals surface area (Å²) in [6.07, 6.45) is 14.1. The molecule has 7 atom stereocenters. The predicted octanol–water partition coefficient (Wildman–Crippen LogP) is 5.88. The largest absolute Gasteiger partial charge is 0.462 e. The first kappa shape index (κ1) is 23.0. The first-order valence-corrected chi connectivity index (χ1v) is 12.7. The van der Waals surface area contributed by atoms with E-state index in [1.54, 1.807) is 12.5 Å². The van der Waals surface area contributed by atoms with Crippen molar-refractivity contribution in [3.05, 3.63) is 11.6 Å². The molecule has 3 saturated carbocycles. The molecular weight excluding hydrogens is 388 g/mol. The molecule has 5 aliphatic rings. The minimum absolute atomic E-state index is 0.0748. The van der Waals surface area contributed by atoms with Gasteiger partial charge in [-0.05, 0) is 93.3 Å². The molecule has 0 aromatic heterocycles. The fraction of sp³-hybridized carbons (Fsp3) is 0.852. The van der Waals surface area contributed by atoms with Gasteiger partial charge in [0.1, 0.15) is 11.9 Å². The smallest absolute Gasteiger partial charge is 0.302 e. The standard InChI is InChI=1S/C23H34O3.C4H8O/c1-14(24)19-7-8-20-18-6-5-16-13-17(26-15(2)25)9-11-22(16,3)21(18)10-12-23(19,20)4;1-2-4-5-3-1/h5,17-21H,6-13H2,1-4H3;1-4H2. The maximum absolute atomic E-state index is 12.2. The van der Waals surface area contributed by atoms with Gasteiger partial charge in [0.2, 0.25) is 0 Å². The molecule has 0 aromatic rings. The van der Waals surface area contributed by atoms with E-state index in [0.29, 0.717) is 11.7 Å². The fourth-order valence-electron chi connectivity index (χ4n) is 8.14. The summed E-state index contributed by atoms with van der Waals surface area (Å²) in [6, 6.07) is 0. The van der Waals surface area contributed by atoms with Gasteiger partial charge in [0.15, 0.2) is 0 Å². The van der Waals surface area contributed by atoms with Crippen LogP contribution in [0.2, 0.25) is 0 Å². The SMILES string of the molecule is C1CCOC1.CC(=O)OC1CCC2(C)C(=CCC3C2CCC2(C)C(C(C)=O)CCC32)C1. The van der Waals surface area contributed by atoms with Gasteiger partial charge in [0.25, 0.3) is 0 Å². The molecule has 4 nitrogen and oxygen atoms in total. The highest BCUT2D eigenvalue weighted by atomic mass is 16.5. The normalized spacial score (nSPS) is 43.5. The van der Waals surface area contributed by atoms with Crippen LogP contribution in [0.15, 0.2) is 11.6 Å². The van der Waals surface area contributed by atoms with Gasteiger partial charge in [0, 0.05) is 32.5 Å². The number of allylic oxidation sites excluding steroid dienone is 1. The molecule has 4 fully saturated rings. The highest BCUT2D eigenvalue weighted by Gasteiger charge is 2.59. The maximum atomic E-state index is 12.2. The molecule has 0 spiro atoms. The third kappa shape index (κ3) is 4.26. The molecule has 0 amide bonds. The van der Waals surface area contributed by atoms with Crippen molar-refractivity contribution >= 4 is 11.8 Å². The zero-order chi connectivity index (χ0) is 22.2. The Bertz CT molecular complexity index is 715. The van der Waals surface area contributed by atoms with Gasteiger partial charge in [-0.1, -0.05) is 25.5 Å². The van der Waals surface area contributed by atoms with Crippen molar-refractivity contribution in [1.29, 1.82) is 0 Å². The molecule has 4 heteroatoms. The first-order valence-electron chi connectivity index (χ1n) is 12.7. The lowest BCUT2D eigenvalue weighted by Gasteiger charge is -2.58. The number of hydrogen-bond donors (Lipinski definition) is 0. The van der Waals surface area contributed by atoms with E-state index in [4.69, 9.17) is 9.47 Å². The number of hydrogen-bond acceptors (Lipinski definition) is 4. The highest BCUT2D eigenvalue weighted by molar-refractivity contribution is 5.79. The Morgan fingerprint density at radius 1 is 1.00 bits per heavy atom. The Hall–Kier alpha value is -1.16. The molecule has 1 saturated heterocycles. The highest BCUT2D eigenvalue weighted by Crippen LogP contribution is 2.66. The summed E-state index contributed by atoms with van der Waals surface area (Å²) in [5.74, 6) is 2.72. The molecule has 1 heterocycles. The Morgan fingerprint density at radius 2 is 1.74 bits per heavy atom. The van der Waals surface area contributed by atoms with Crippen LogP contribution in [0, 0.1) is 34.5 Å². The van der Waals surface area contributed by atoms with E-state index in [9.17, 15) is 9.59 Å². The number of carbonyl (C=O) groups excluding carboxylic acids is 2. The molecule has 7 unspecified atom stereocenters. The molecule has 5 rings (SSSR count). The van der Waals surface area contributed by atoms with E-state index < -0.39 is 0 Å². The van der Waals surface area contributed by atoms with Crippen LogP contribution in [0.4, 0.5) is 0 Å². The Labute approximate surface area is 188 Å². The lowest BCUT2D eigenvalue weighted by atomic mass is 9.47. The molecule has 4 aliphatic carbocycles. The van der Waals surface area contributed by atoms with E-state index in [2.05, 4.69) is 19.9 Å². The van der Waals surface area contributed by atoms with Gasteiger partial charge in [-0.3, -0.25) is 9.59 Å². The predicted molar refractivity (Wildman–Crippen MR) is 121 cm³/mol. The lowest BCUT2D eigenvalue weighted by molar-refractivity contribution is -0.149.